The molecule has 0 atom stereocenters. The van der Waals surface area contributed by atoms with Gasteiger partial charge < -0.3 is 16.4 Å². The highest BCUT2D eigenvalue weighted by Crippen LogP contribution is 2.31. The van der Waals surface area contributed by atoms with E-state index in [4.69, 9.17) is 5.73 Å². The molecule has 7 heteroatoms. The van der Waals surface area contributed by atoms with Crippen LogP contribution < -0.4 is 26.8 Å². The molecular weight excluding hydrogens is 365 g/mol. The molecule has 1 aromatic heterocycles. The van der Waals surface area contributed by atoms with Gasteiger partial charge in [0.15, 0.2) is 0 Å². The lowest BCUT2D eigenvalue weighted by molar-refractivity contribution is -0.137. The van der Waals surface area contributed by atoms with Crippen LogP contribution in [-0.2, 0) is 6.18 Å². The quantitative estimate of drug-likeness (QED) is 0.754. The molecule has 0 amide bonds. The van der Waals surface area contributed by atoms with Gasteiger partial charge >= 0.3 is 6.18 Å². The third-order valence-corrected chi connectivity index (χ3v) is 4.77. The summed E-state index contributed by atoms with van der Waals surface area (Å²) in [4.78, 5) is 3.78. The summed E-state index contributed by atoms with van der Waals surface area (Å²) in [5, 5.41) is 8.39. The summed E-state index contributed by atoms with van der Waals surface area (Å²) in [7, 11) is 0. The first kappa shape index (κ1) is 19.9. The molecule has 1 aromatic carbocycles. The smallest absolute Gasteiger partial charge is 0.404 e. The van der Waals surface area contributed by atoms with Crippen molar-refractivity contribution >= 4 is 18.0 Å². The zero-order valence-electron chi connectivity index (χ0n) is 15.4. The van der Waals surface area contributed by atoms with E-state index in [1.165, 1.54) is 12.4 Å². The van der Waals surface area contributed by atoms with E-state index in [0.29, 0.717) is 11.1 Å². The normalized spacial score (nSPS) is 17.0. The van der Waals surface area contributed by atoms with Crippen molar-refractivity contribution in [2.24, 2.45) is 5.73 Å². The van der Waals surface area contributed by atoms with Gasteiger partial charge in [0.25, 0.3) is 0 Å². The third kappa shape index (κ3) is 4.54. The second kappa shape index (κ2) is 8.48. The Morgan fingerprint density at radius 3 is 2.54 bits per heavy atom. The number of piperidine rings is 1. The fourth-order valence-electron chi connectivity index (χ4n) is 3.35. The van der Waals surface area contributed by atoms with Crippen molar-refractivity contribution in [3.63, 3.8) is 0 Å². The fourth-order valence-corrected chi connectivity index (χ4v) is 3.35. The first-order valence-electron chi connectivity index (χ1n) is 9.11. The molecule has 0 radical (unpaired) electrons. The van der Waals surface area contributed by atoms with Gasteiger partial charge in [-0.05, 0) is 54.9 Å². The fraction of sp³-hybridized carbons (Fsp3) is 0.286. The largest absolute Gasteiger partial charge is 0.417 e. The summed E-state index contributed by atoms with van der Waals surface area (Å²) in [6.45, 7) is 5.56. The minimum Gasteiger partial charge on any atom is -0.404 e. The van der Waals surface area contributed by atoms with E-state index in [1.54, 1.807) is 18.2 Å². The Labute approximate surface area is 161 Å². The Morgan fingerprint density at radius 2 is 1.89 bits per heavy atom. The van der Waals surface area contributed by atoms with E-state index in [1.807, 2.05) is 6.07 Å². The zero-order chi connectivity index (χ0) is 20.1. The number of pyridine rings is 1. The predicted octanol–water partition coefficient (Wildman–Crippen LogP) is 2.59. The number of anilines is 1. The lowest BCUT2D eigenvalue weighted by atomic mass is 10.0. The van der Waals surface area contributed by atoms with Gasteiger partial charge in [0.1, 0.15) is 0 Å². The number of alkyl halides is 3. The van der Waals surface area contributed by atoms with E-state index in [2.05, 4.69) is 22.2 Å². The average Bonchev–Trinajstić information content (AvgIpc) is 2.68. The highest BCUT2D eigenvalue weighted by Gasteiger charge is 2.31. The van der Waals surface area contributed by atoms with Crippen LogP contribution in [0.3, 0.4) is 0 Å². The topological polar surface area (TPSA) is 63.0 Å². The van der Waals surface area contributed by atoms with Crippen molar-refractivity contribution in [2.75, 3.05) is 18.4 Å². The Balaban J connectivity index is 2.12. The van der Waals surface area contributed by atoms with E-state index in [-0.39, 0.29) is 6.04 Å². The SMILES string of the molecule is C=C/C=c1/cc(-c2cncc(C(F)(F)F)c2)cc(NC2CCNCC2)/c1=C/N. The van der Waals surface area contributed by atoms with Crippen LogP contribution in [0, 0.1) is 0 Å². The van der Waals surface area contributed by atoms with Crippen LogP contribution in [0.25, 0.3) is 23.4 Å². The number of nitrogens with one attached hydrogen (secondary N) is 2. The molecule has 4 N–H and O–H groups in total. The van der Waals surface area contributed by atoms with Gasteiger partial charge in [-0.2, -0.15) is 13.2 Å². The van der Waals surface area contributed by atoms with Crippen LogP contribution in [0.15, 0.2) is 43.2 Å². The minimum atomic E-state index is -4.44. The molecule has 28 heavy (non-hydrogen) atoms. The minimum absolute atomic E-state index is 0.270. The van der Waals surface area contributed by atoms with Gasteiger partial charge in [-0.25, -0.2) is 0 Å². The average molecular weight is 388 g/mol. The van der Waals surface area contributed by atoms with E-state index >= 15 is 0 Å². The van der Waals surface area contributed by atoms with Gasteiger partial charge in [-0.1, -0.05) is 18.7 Å². The van der Waals surface area contributed by atoms with Crippen molar-refractivity contribution in [1.82, 2.24) is 10.3 Å². The van der Waals surface area contributed by atoms with Gasteiger partial charge in [0.05, 0.1) is 5.56 Å². The van der Waals surface area contributed by atoms with E-state index < -0.39 is 11.7 Å². The molecule has 2 aromatic rings. The van der Waals surface area contributed by atoms with Crippen LogP contribution in [0.5, 0.6) is 0 Å². The van der Waals surface area contributed by atoms with Crippen molar-refractivity contribution in [3.05, 3.63) is 59.2 Å². The number of halogens is 3. The van der Waals surface area contributed by atoms with Crippen LogP contribution in [0.4, 0.5) is 18.9 Å². The first-order valence-corrected chi connectivity index (χ1v) is 9.11. The summed E-state index contributed by atoms with van der Waals surface area (Å²) in [5.41, 5.74) is 6.90. The Bertz CT molecular complexity index is 961. The number of hydrogen-bond donors (Lipinski definition) is 3. The molecule has 1 saturated heterocycles. The molecule has 148 valence electrons. The molecule has 0 aliphatic carbocycles. The highest BCUT2D eigenvalue weighted by atomic mass is 19.4. The van der Waals surface area contributed by atoms with Gasteiger partial charge in [0, 0.05) is 41.1 Å². The van der Waals surface area contributed by atoms with Crippen LogP contribution in [0.1, 0.15) is 18.4 Å². The Hall–Kier alpha value is -2.80. The summed E-state index contributed by atoms with van der Waals surface area (Å²) in [6.07, 6.45) is 4.66. The van der Waals surface area contributed by atoms with Crippen LogP contribution in [0.2, 0.25) is 0 Å². The van der Waals surface area contributed by atoms with Crippen molar-refractivity contribution in [2.45, 2.75) is 25.1 Å². The molecule has 0 spiro atoms. The number of allylic oxidation sites excluding steroid dienone is 1. The molecule has 1 aliphatic rings. The zero-order valence-corrected chi connectivity index (χ0v) is 15.4. The molecule has 0 bridgehead atoms. The maximum absolute atomic E-state index is 13.1. The molecule has 0 unspecified atom stereocenters. The Morgan fingerprint density at radius 1 is 1.14 bits per heavy atom. The maximum atomic E-state index is 13.1. The maximum Gasteiger partial charge on any atom is 0.417 e. The number of aromatic nitrogens is 1. The lowest BCUT2D eigenvalue weighted by Gasteiger charge is -2.25. The molecule has 2 heterocycles. The summed E-state index contributed by atoms with van der Waals surface area (Å²) >= 11 is 0. The van der Waals surface area contributed by atoms with Crippen molar-refractivity contribution in [3.8, 4) is 11.1 Å². The molecule has 0 saturated carbocycles. The predicted molar refractivity (Wildman–Crippen MR) is 107 cm³/mol. The number of nitrogens with two attached hydrogens (primary N) is 1. The standard InChI is InChI=1S/C21H23F3N4/c1-2-3-14-8-15(16-9-17(13-27-12-16)21(22,23)24)10-20(19(14)11-25)28-18-4-6-26-7-5-18/h2-3,8-13,18,26,28H,1,4-7,25H2/b14-3-,19-11+. The van der Waals surface area contributed by atoms with Crippen molar-refractivity contribution < 1.29 is 13.2 Å². The monoisotopic (exact) mass is 388 g/mol. The van der Waals surface area contributed by atoms with Crippen molar-refractivity contribution in [1.29, 1.82) is 0 Å². The highest BCUT2D eigenvalue weighted by molar-refractivity contribution is 5.70. The van der Waals surface area contributed by atoms with E-state index in [9.17, 15) is 13.2 Å². The number of benzene rings is 1. The second-order valence-corrected chi connectivity index (χ2v) is 6.72. The summed E-state index contributed by atoms with van der Waals surface area (Å²) in [5.74, 6) is 0. The van der Waals surface area contributed by atoms with Gasteiger partial charge in [0.2, 0.25) is 0 Å². The summed E-state index contributed by atoms with van der Waals surface area (Å²) < 4.78 is 39.3. The van der Waals surface area contributed by atoms with Crippen LogP contribution >= 0.6 is 0 Å². The second-order valence-electron chi connectivity index (χ2n) is 6.72. The molecule has 1 fully saturated rings. The van der Waals surface area contributed by atoms with Gasteiger partial charge in [-0.3, -0.25) is 4.98 Å². The number of rotatable bonds is 4. The van der Waals surface area contributed by atoms with Crippen LogP contribution in [-0.4, -0.2) is 24.1 Å². The Kier molecular flexibility index (Phi) is 6.04. The molecule has 3 rings (SSSR count). The number of nitrogens with zero attached hydrogens (tertiary/aromatic N) is 1. The first-order chi connectivity index (χ1) is 13.4. The molecule has 1 aliphatic heterocycles. The van der Waals surface area contributed by atoms with E-state index in [0.717, 1.165) is 54.3 Å². The summed E-state index contributed by atoms with van der Waals surface area (Å²) in [6, 6.07) is 5.01. The van der Waals surface area contributed by atoms with Gasteiger partial charge in [-0.15, -0.1) is 0 Å². The lowest BCUT2D eigenvalue weighted by Crippen LogP contribution is -2.38. The molecule has 4 nitrogen and oxygen atoms in total. The third-order valence-electron chi connectivity index (χ3n) is 4.77. The number of hydrogen-bond acceptors (Lipinski definition) is 4. The molecular formula is C21H23F3N4.